The average Bonchev–Trinajstić information content (AvgIpc) is 2.77. The van der Waals surface area contributed by atoms with Crippen LogP contribution in [0.2, 0.25) is 0 Å². The number of carboxylic acid groups (broad SMARTS) is 1. The van der Waals surface area contributed by atoms with Crippen molar-refractivity contribution in [3.05, 3.63) is 69.4 Å². The van der Waals surface area contributed by atoms with Gasteiger partial charge in [-0.2, -0.15) is 0 Å². The van der Waals surface area contributed by atoms with Crippen LogP contribution >= 0.6 is 22.6 Å². The first kappa shape index (κ1) is 13.2. The number of hydrogen-bond donors (Lipinski definition) is 1. The van der Waals surface area contributed by atoms with Crippen molar-refractivity contribution in [2.24, 2.45) is 0 Å². The van der Waals surface area contributed by atoms with Gasteiger partial charge in [0.1, 0.15) is 0 Å². The lowest BCUT2D eigenvalue weighted by atomic mass is 10.1. The molecule has 3 rings (SSSR count). The van der Waals surface area contributed by atoms with Crippen molar-refractivity contribution in [2.45, 2.75) is 6.54 Å². The molecule has 4 heteroatoms. The van der Waals surface area contributed by atoms with Crippen molar-refractivity contribution in [1.29, 1.82) is 0 Å². The van der Waals surface area contributed by atoms with Crippen LogP contribution in [-0.2, 0) is 6.54 Å². The summed E-state index contributed by atoms with van der Waals surface area (Å²) in [6, 6.07) is 15.5. The van der Waals surface area contributed by atoms with Crippen LogP contribution < -0.4 is 0 Å². The molecule has 0 spiro atoms. The van der Waals surface area contributed by atoms with Crippen molar-refractivity contribution in [2.75, 3.05) is 0 Å². The molecule has 0 saturated heterocycles. The van der Waals surface area contributed by atoms with Crippen LogP contribution in [-0.4, -0.2) is 15.6 Å². The van der Waals surface area contributed by atoms with Crippen LogP contribution in [0, 0.1) is 3.57 Å². The molecule has 0 fully saturated rings. The predicted molar refractivity (Wildman–Crippen MR) is 87.2 cm³/mol. The minimum atomic E-state index is -0.889. The lowest BCUT2D eigenvalue weighted by Crippen LogP contribution is -2.04. The van der Waals surface area contributed by atoms with E-state index in [2.05, 4.69) is 22.6 Å². The SMILES string of the molecule is O=C(O)c1cccc2c(I)cn(Cc3ccccc3)c12. The highest BCUT2D eigenvalue weighted by molar-refractivity contribution is 14.1. The number of nitrogens with zero attached hydrogens (tertiary/aromatic N) is 1. The number of rotatable bonds is 3. The molecule has 1 heterocycles. The fourth-order valence-electron chi connectivity index (χ4n) is 2.39. The second-order valence-corrected chi connectivity index (χ2v) is 5.76. The van der Waals surface area contributed by atoms with E-state index in [1.165, 1.54) is 0 Å². The average molecular weight is 377 g/mol. The molecule has 0 radical (unpaired) electrons. The number of para-hydroxylation sites is 1. The number of aromatic carboxylic acids is 1. The van der Waals surface area contributed by atoms with Gasteiger partial charge in [-0.1, -0.05) is 42.5 Å². The van der Waals surface area contributed by atoms with Gasteiger partial charge < -0.3 is 9.67 Å². The second-order valence-electron chi connectivity index (χ2n) is 4.60. The van der Waals surface area contributed by atoms with E-state index >= 15 is 0 Å². The van der Waals surface area contributed by atoms with Crippen LogP contribution in [0.4, 0.5) is 0 Å². The first-order chi connectivity index (χ1) is 9.66. The molecule has 0 amide bonds. The van der Waals surface area contributed by atoms with Crippen molar-refractivity contribution in [3.8, 4) is 0 Å². The van der Waals surface area contributed by atoms with E-state index < -0.39 is 5.97 Å². The molecule has 0 atom stereocenters. The Morgan fingerprint density at radius 3 is 2.55 bits per heavy atom. The summed E-state index contributed by atoms with van der Waals surface area (Å²) >= 11 is 2.25. The summed E-state index contributed by atoms with van der Waals surface area (Å²) in [5, 5.41) is 10.4. The third-order valence-electron chi connectivity index (χ3n) is 3.28. The zero-order chi connectivity index (χ0) is 14.1. The monoisotopic (exact) mass is 377 g/mol. The van der Waals surface area contributed by atoms with Crippen LogP contribution in [0.5, 0.6) is 0 Å². The first-order valence-electron chi connectivity index (χ1n) is 6.21. The third kappa shape index (κ3) is 2.31. The molecule has 0 aliphatic heterocycles. The maximum absolute atomic E-state index is 11.4. The van der Waals surface area contributed by atoms with E-state index in [1.54, 1.807) is 12.1 Å². The largest absolute Gasteiger partial charge is 0.478 e. The Labute approximate surface area is 130 Å². The molecule has 0 bridgehead atoms. The maximum Gasteiger partial charge on any atom is 0.337 e. The van der Waals surface area contributed by atoms with Crippen molar-refractivity contribution < 1.29 is 9.90 Å². The number of fused-ring (bicyclic) bond motifs is 1. The number of benzene rings is 2. The van der Waals surface area contributed by atoms with E-state index in [0.717, 1.165) is 20.0 Å². The first-order valence-corrected chi connectivity index (χ1v) is 7.29. The van der Waals surface area contributed by atoms with Gasteiger partial charge in [-0.15, -0.1) is 0 Å². The summed E-state index contributed by atoms with van der Waals surface area (Å²) in [6.07, 6.45) is 2.00. The molecular weight excluding hydrogens is 365 g/mol. The Morgan fingerprint density at radius 1 is 1.10 bits per heavy atom. The Balaban J connectivity index is 2.18. The van der Waals surface area contributed by atoms with E-state index in [1.807, 2.05) is 47.2 Å². The minimum Gasteiger partial charge on any atom is -0.478 e. The maximum atomic E-state index is 11.4. The standard InChI is InChI=1S/C16H12INO2/c17-14-10-18(9-11-5-2-1-3-6-11)15-12(14)7-4-8-13(15)16(19)20/h1-8,10H,9H2,(H,19,20). The quantitative estimate of drug-likeness (QED) is 0.702. The molecule has 0 aliphatic rings. The number of hydrogen-bond acceptors (Lipinski definition) is 1. The topological polar surface area (TPSA) is 42.2 Å². The number of aromatic nitrogens is 1. The molecule has 3 aromatic rings. The molecular formula is C16H12INO2. The Kier molecular flexibility index (Phi) is 3.48. The number of halogens is 1. The Hall–Kier alpha value is -1.82. The van der Waals surface area contributed by atoms with Crippen molar-refractivity contribution in [1.82, 2.24) is 4.57 Å². The number of carbonyl (C=O) groups is 1. The highest BCUT2D eigenvalue weighted by Gasteiger charge is 2.15. The molecule has 0 saturated carbocycles. The van der Waals surface area contributed by atoms with Crippen LogP contribution in [0.1, 0.15) is 15.9 Å². The van der Waals surface area contributed by atoms with E-state index in [9.17, 15) is 9.90 Å². The summed E-state index contributed by atoms with van der Waals surface area (Å²) in [5.74, 6) is -0.889. The fraction of sp³-hybridized carbons (Fsp3) is 0.0625. The van der Waals surface area contributed by atoms with E-state index in [0.29, 0.717) is 12.1 Å². The third-order valence-corrected chi connectivity index (χ3v) is 4.14. The highest BCUT2D eigenvalue weighted by atomic mass is 127. The molecule has 1 N–H and O–H groups in total. The lowest BCUT2D eigenvalue weighted by molar-refractivity contribution is 0.0698. The zero-order valence-electron chi connectivity index (χ0n) is 10.6. The predicted octanol–water partition coefficient (Wildman–Crippen LogP) is 3.99. The van der Waals surface area contributed by atoms with Crippen LogP contribution in [0.3, 0.4) is 0 Å². The van der Waals surface area contributed by atoms with Gasteiger partial charge in [0.05, 0.1) is 11.1 Å². The van der Waals surface area contributed by atoms with Gasteiger partial charge in [-0.3, -0.25) is 0 Å². The van der Waals surface area contributed by atoms with Crippen LogP contribution in [0.15, 0.2) is 54.7 Å². The van der Waals surface area contributed by atoms with Crippen molar-refractivity contribution >= 4 is 39.5 Å². The fourth-order valence-corrected chi connectivity index (χ4v) is 3.17. The lowest BCUT2D eigenvalue weighted by Gasteiger charge is -2.07. The summed E-state index contributed by atoms with van der Waals surface area (Å²) in [4.78, 5) is 11.4. The van der Waals surface area contributed by atoms with Gasteiger partial charge in [0.2, 0.25) is 0 Å². The van der Waals surface area contributed by atoms with Crippen LogP contribution in [0.25, 0.3) is 10.9 Å². The van der Waals surface area contributed by atoms with Gasteiger partial charge in [-0.05, 0) is 34.2 Å². The number of carboxylic acids is 1. The Morgan fingerprint density at radius 2 is 1.85 bits per heavy atom. The zero-order valence-corrected chi connectivity index (χ0v) is 12.7. The molecule has 1 aromatic heterocycles. The smallest absolute Gasteiger partial charge is 0.337 e. The minimum absolute atomic E-state index is 0.348. The summed E-state index contributed by atoms with van der Waals surface area (Å²) < 4.78 is 3.08. The molecule has 0 aliphatic carbocycles. The van der Waals surface area contributed by atoms with Gasteiger partial charge in [-0.25, -0.2) is 4.79 Å². The second kappa shape index (κ2) is 5.28. The van der Waals surface area contributed by atoms with E-state index in [4.69, 9.17) is 0 Å². The molecule has 2 aromatic carbocycles. The molecule has 20 heavy (non-hydrogen) atoms. The van der Waals surface area contributed by atoms with Gasteiger partial charge >= 0.3 is 5.97 Å². The summed E-state index contributed by atoms with van der Waals surface area (Å²) in [5.41, 5.74) is 2.29. The molecule has 3 nitrogen and oxygen atoms in total. The highest BCUT2D eigenvalue weighted by Crippen LogP contribution is 2.27. The molecule has 0 unspecified atom stereocenters. The summed E-state index contributed by atoms with van der Waals surface area (Å²) in [6.45, 7) is 0.671. The molecule has 100 valence electrons. The summed E-state index contributed by atoms with van der Waals surface area (Å²) in [7, 11) is 0. The normalized spacial score (nSPS) is 10.8. The Bertz CT molecular complexity index is 778. The van der Waals surface area contributed by atoms with E-state index in [-0.39, 0.29) is 0 Å². The van der Waals surface area contributed by atoms with Gasteiger partial charge in [0, 0.05) is 21.7 Å². The van der Waals surface area contributed by atoms with Gasteiger partial charge in [0.15, 0.2) is 0 Å². The van der Waals surface area contributed by atoms with Gasteiger partial charge in [0.25, 0.3) is 0 Å². The van der Waals surface area contributed by atoms with Crippen molar-refractivity contribution in [3.63, 3.8) is 0 Å².